The van der Waals surface area contributed by atoms with Crippen molar-refractivity contribution in [3.63, 3.8) is 0 Å². The number of aryl methyl sites for hydroxylation is 1. The first kappa shape index (κ1) is 13.8. The third kappa shape index (κ3) is 2.54. The molecule has 21 heavy (non-hydrogen) atoms. The van der Waals surface area contributed by atoms with Gasteiger partial charge in [-0.05, 0) is 42.7 Å². The molecule has 0 bridgehead atoms. The molecule has 1 aromatic carbocycles. The first-order valence-corrected chi connectivity index (χ1v) is 7.22. The molecular weight excluding hydrogens is 260 g/mol. The van der Waals surface area contributed by atoms with E-state index < -0.39 is 0 Å². The molecule has 2 heterocycles. The Balaban J connectivity index is 2.04. The van der Waals surface area contributed by atoms with Crippen LogP contribution in [0.15, 0.2) is 47.8 Å². The monoisotopic (exact) mass is 280 g/mol. The first-order valence-electron chi connectivity index (χ1n) is 7.22. The molecule has 2 aromatic rings. The lowest BCUT2D eigenvalue weighted by Gasteiger charge is -2.26. The maximum atomic E-state index is 5.81. The van der Waals surface area contributed by atoms with Gasteiger partial charge in [0.2, 0.25) is 0 Å². The SMILES string of the molecule is Cc1cccc(N2N=C(CN)CC2c2cccnc2)c1C. The average Bonchev–Trinajstić information content (AvgIpc) is 2.95. The quantitative estimate of drug-likeness (QED) is 0.940. The van der Waals surface area contributed by atoms with E-state index >= 15 is 0 Å². The van der Waals surface area contributed by atoms with Crippen molar-refractivity contribution in [1.82, 2.24) is 4.98 Å². The molecule has 4 nitrogen and oxygen atoms in total. The normalized spacial score (nSPS) is 18.0. The van der Waals surface area contributed by atoms with Gasteiger partial charge in [-0.1, -0.05) is 18.2 Å². The van der Waals surface area contributed by atoms with E-state index in [0.29, 0.717) is 6.54 Å². The van der Waals surface area contributed by atoms with E-state index in [9.17, 15) is 0 Å². The van der Waals surface area contributed by atoms with Gasteiger partial charge in [0.15, 0.2) is 0 Å². The Labute approximate surface area is 125 Å². The van der Waals surface area contributed by atoms with Crippen molar-refractivity contribution >= 4 is 11.4 Å². The molecule has 108 valence electrons. The van der Waals surface area contributed by atoms with Crippen LogP contribution in [0.5, 0.6) is 0 Å². The van der Waals surface area contributed by atoms with Crippen LogP contribution in [0.3, 0.4) is 0 Å². The number of hydrazone groups is 1. The zero-order valence-electron chi connectivity index (χ0n) is 12.5. The summed E-state index contributed by atoms with van der Waals surface area (Å²) in [5.41, 5.74) is 11.7. The minimum atomic E-state index is 0.178. The van der Waals surface area contributed by atoms with Crippen molar-refractivity contribution < 1.29 is 0 Å². The van der Waals surface area contributed by atoms with Gasteiger partial charge >= 0.3 is 0 Å². The van der Waals surface area contributed by atoms with Crippen molar-refractivity contribution in [2.75, 3.05) is 11.6 Å². The molecule has 3 rings (SSSR count). The molecule has 0 saturated carbocycles. The minimum Gasteiger partial charge on any atom is -0.325 e. The summed E-state index contributed by atoms with van der Waals surface area (Å²) in [6.45, 7) is 4.76. The summed E-state index contributed by atoms with van der Waals surface area (Å²) in [6.07, 6.45) is 4.57. The Morgan fingerprint density at radius 2 is 2.10 bits per heavy atom. The van der Waals surface area contributed by atoms with E-state index in [-0.39, 0.29) is 6.04 Å². The fourth-order valence-electron chi connectivity index (χ4n) is 2.73. The van der Waals surface area contributed by atoms with Crippen molar-refractivity contribution in [2.45, 2.75) is 26.3 Å². The van der Waals surface area contributed by atoms with E-state index in [4.69, 9.17) is 10.8 Å². The van der Waals surface area contributed by atoms with E-state index in [1.165, 1.54) is 16.7 Å². The van der Waals surface area contributed by atoms with Gasteiger partial charge < -0.3 is 5.73 Å². The van der Waals surface area contributed by atoms with Crippen molar-refractivity contribution in [3.05, 3.63) is 59.4 Å². The molecule has 0 radical (unpaired) electrons. The second-order valence-electron chi connectivity index (χ2n) is 5.44. The molecule has 0 spiro atoms. The molecule has 1 aliphatic rings. The van der Waals surface area contributed by atoms with Crippen LogP contribution in [-0.2, 0) is 0 Å². The molecule has 0 saturated heterocycles. The van der Waals surface area contributed by atoms with E-state index in [1.807, 2.05) is 12.3 Å². The summed E-state index contributed by atoms with van der Waals surface area (Å²) in [5.74, 6) is 0. The second kappa shape index (κ2) is 5.66. The van der Waals surface area contributed by atoms with Crippen LogP contribution in [0.2, 0.25) is 0 Å². The van der Waals surface area contributed by atoms with Crippen molar-refractivity contribution in [2.24, 2.45) is 10.8 Å². The predicted molar refractivity (Wildman–Crippen MR) is 86.5 cm³/mol. The van der Waals surface area contributed by atoms with Crippen LogP contribution in [0.1, 0.15) is 29.2 Å². The number of aromatic nitrogens is 1. The number of nitrogens with zero attached hydrogens (tertiary/aromatic N) is 3. The number of benzene rings is 1. The molecule has 1 unspecified atom stereocenters. The van der Waals surface area contributed by atoms with Crippen molar-refractivity contribution in [1.29, 1.82) is 0 Å². The Bertz CT molecular complexity index is 664. The topological polar surface area (TPSA) is 54.5 Å². The lowest BCUT2D eigenvalue weighted by atomic mass is 10.0. The highest BCUT2D eigenvalue weighted by Gasteiger charge is 2.29. The highest BCUT2D eigenvalue weighted by atomic mass is 15.5. The molecular formula is C17H20N4. The Morgan fingerprint density at radius 3 is 2.81 bits per heavy atom. The average molecular weight is 280 g/mol. The van der Waals surface area contributed by atoms with Gasteiger partial charge in [-0.2, -0.15) is 5.10 Å². The summed E-state index contributed by atoms with van der Waals surface area (Å²) in [7, 11) is 0. The van der Waals surface area contributed by atoms with Gasteiger partial charge in [-0.15, -0.1) is 0 Å². The van der Waals surface area contributed by atoms with Crippen LogP contribution in [-0.4, -0.2) is 17.2 Å². The summed E-state index contributed by atoms with van der Waals surface area (Å²) in [6, 6.07) is 10.6. The smallest absolute Gasteiger partial charge is 0.0843 e. The fraction of sp³-hybridized carbons (Fsp3) is 0.294. The zero-order chi connectivity index (χ0) is 14.8. The highest BCUT2D eigenvalue weighted by Crippen LogP contribution is 2.36. The number of hydrogen-bond acceptors (Lipinski definition) is 4. The van der Waals surface area contributed by atoms with E-state index in [2.05, 4.69) is 48.1 Å². The molecule has 0 amide bonds. The predicted octanol–water partition coefficient (Wildman–Crippen LogP) is 2.96. The largest absolute Gasteiger partial charge is 0.325 e. The zero-order valence-corrected chi connectivity index (χ0v) is 12.5. The van der Waals surface area contributed by atoms with Gasteiger partial charge in [0.05, 0.1) is 17.4 Å². The van der Waals surface area contributed by atoms with Crippen molar-refractivity contribution in [3.8, 4) is 0 Å². The van der Waals surface area contributed by atoms with Gasteiger partial charge in [0.1, 0.15) is 0 Å². The van der Waals surface area contributed by atoms with Crippen LogP contribution < -0.4 is 10.7 Å². The Morgan fingerprint density at radius 1 is 1.24 bits per heavy atom. The summed E-state index contributed by atoms with van der Waals surface area (Å²) >= 11 is 0. The molecule has 0 fully saturated rings. The van der Waals surface area contributed by atoms with Crippen LogP contribution >= 0.6 is 0 Å². The van der Waals surface area contributed by atoms with Crippen LogP contribution in [0, 0.1) is 13.8 Å². The lowest BCUT2D eigenvalue weighted by molar-refractivity contribution is 0.702. The van der Waals surface area contributed by atoms with Gasteiger partial charge in [0.25, 0.3) is 0 Å². The van der Waals surface area contributed by atoms with Gasteiger partial charge in [-0.3, -0.25) is 9.99 Å². The van der Waals surface area contributed by atoms with E-state index in [0.717, 1.165) is 17.8 Å². The highest BCUT2D eigenvalue weighted by molar-refractivity contribution is 5.90. The van der Waals surface area contributed by atoms with Crippen LogP contribution in [0.25, 0.3) is 0 Å². The molecule has 1 atom stereocenters. The standard InChI is InChI=1S/C17H20N4/c1-12-5-3-7-16(13(12)2)21-17(9-15(10-18)20-21)14-6-4-8-19-11-14/h3-8,11,17H,9-10,18H2,1-2H3. The van der Waals surface area contributed by atoms with E-state index in [1.54, 1.807) is 6.20 Å². The third-order valence-corrected chi connectivity index (χ3v) is 4.10. The number of pyridine rings is 1. The summed E-state index contributed by atoms with van der Waals surface area (Å²) in [5, 5.41) is 6.83. The Kier molecular flexibility index (Phi) is 3.71. The molecule has 0 aliphatic carbocycles. The fourth-order valence-corrected chi connectivity index (χ4v) is 2.73. The maximum absolute atomic E-state index is 5.81. The number of hydrogen-bond donors (Lipinski definition) is 1. The molecule has 1 aromatic heterocycles. The molecule has 1 aliphatic heterocycles. The first-order chi connectivity index (χ1) is 10.2. The van der Waals surface area contributed by atoms with Gasteiger partial charge in [-0.25, -0.2) is 0 Å². The Hall–Kier alpha value is -2.20. The molecule has 2 N–H and O–H groups in total. The lowest BCUT2D eigenvalue weighted by Crippen LogP contribution is -2.19. The number of rotatable bonds is 3. The number of nitrogens with two attached hydrogens (primary N) is 1. The summed E-state index contributed by atoms with van der Waals surface area (Å²) < 4.78 is 0. The second-order valence-corrected chi connectivity index (χ2v) is 5.44. The third-order valence-electron chi connectivity index (χ3n) is 4.10. The van der Waals surface area contributed by atoms with Gasteiger partial charge in [0, 0.05) is 25.4 Å². The van der Waals surface area contributed by atoms with Crippen LogP contribution in [0.4, 0.5) is 5.69 Å². The maximum Gasteiger partial charge on any atom is 0.0843 e. The summed E-state index contributed by atoms with van der Waals surface area (Å²) in [4.78, 5) is 4.24. The molecule has 4 heteroatoms. The minimum absolute atomic E-state index is 0.178. The number of anilines is 1.